The van der Waals surface area contributed by atoms with Crippen LogP contribution < -0.4 is 0 Å². The third-order valence-corrected chi connectivity index (χ3v) is 4.87. The second kappa shape index (κ2) is 4.40. The fourth-order valence-corrected chi connectivity index (χ4v) is 3.89. The predicted octanol–water partition coefficient (Wildman–Crippen LogP) is 2.69. The van der Waals surface area contributed by atoms with Gasteiger partial charge in [0.1, 0.15) is 5.69 Å². The summed E-state index contributed by atoms with van der Waals surface area (Å²) in [4.78, 5) is 11.6. The average Bonchev–Trinajstić information content (AvgIpc) is 2.36. The first-order chi connectivity index (χ1) is 8.28. The van der Waals surface area contributed by atoms with Crippen LogP contribution in [0.4, 0.5) is 5.69 Å². The van der Waals surface area contributed by atoms with E-state index in [-0.39, 0.29) is 6.10 Å². The lowest BCUT2D eigenvalue weighted by atomic mass is 9.81. The molecule has 2 heterocycles. The van der Waals surface area contributed by atoms with Gasteiger partial charge in [-0.05, 0) is 48.5 Å². The van der Waals surface area contributed by atoms with Gasteiger partial charge in [0.25, 0.3) is 0 Å². The highest BCUT2D eigenvalue weighted by atomic mass is 32.2. The number of aliphatic hydroxyl groups excluding tert-OH is 1. The Labute approximate surface area is 104 Å². The molecule has 3 rings (SSSR count). The predicted molar refractivity (Wildman–Crippen MR) is 67.0 cm³/mol. The number of nitroso groups, excluding NO2 is 1. The molecule has 0 saturated carbocycles. The molecule has 5 heteroatoms. The van der Waals surface area contributed by atoms with E-state index in [0.29, 0.717) is 17.8 Å². The highest BCUT2D eigenvalue weighted by Gasteiger charge is 2.45. The van der Waals surface area contributed by atoms with Crippen molar-refractivity contribution in [2.45, 2.75) is 42.3 Å². The molecule has 1 aromatic rings. The minimum absolute atomic E-state index is 0.143. The molecule has 1 N–H and O–H groups in total. The molecule has 0 aliphatic carbocycles. The lowest BCUT2D eigenvalue weighted by Gasteiger charge is -2.53. The van der Waals surface area contributed by atoms with Gasteiger partial charge in [0.2, 0.25) is 0 Å². The SMILES string of the molecule is O=Nc1ccccc1SN1[C@@H]2CC(O)C[C@H]1C2. The summed E-state index contributed by atoms with van der Waals surface area (Å²) < 4.78 is 2.30. The normalized spacial score (nSPS) is 31.9. The Kier molecular flexibility index (Phi) is 2.90. The molecule has 0 radical (unpaired) electrons. The Morgan fingerprint density at radius 3 is 2.65 bits per heavy atom. The Bertz CT molecular complexity index is 428. The number of hydrogen-bond donors (Lipinski definition) is 1. The van der Waals surface area contributed by atoms with Gasteiger partial charge in [-0.25, -0.2) is 4.31 Å². The molecule has 1 unspecified atom stereocenters. The van der Waals surface area contributed by atoms with Gasteiger partial charge in [0.05, 0.1) is 11.0 Å². The lowest BCUT2D eigenvalue weighted by molar-refractivity contribution is -0.0204. The summed E-state index contributed by atoms with van der Waals surface area (Å²) >= 11 is 1.60. The maximum atomic E-state index is 10.7. The van der Waals surface area contributed by atoms with Gasteiger partial charge in [-0.2, -0.15) is 0 Å². The number of fused-ring (bicyclic) bond motifs is 2. The number of piperidine rings is 1. The summed E-state index contributed by atoms with van der Waals surface area (Å²) in [5.74, 6) is 0. The first kappa shape index (κ1) is 11.2. The Morgan fingerprint density at radius 2 is 1.94 bits per heavy atom. The molecule has 2 fully saturated rings. The molecule has 2 saturated heterocycles. The highest BCUT2D eigenvalue weighted by Crippen LogP contribution is 2.46. The monoisotopic (exact) mass is 250 g/mol. The van der Waals surface area contributed by atoms with E-state index in [0.717, 1.165) is 17.7 Å². The zero-order valence-corrected chi connectivity index (χ0v) is 10.1. The van der Waals surface area contributed by atoms with E-state index in [1.165, 1.54) is 6.42 Å². The van der Waals surface area contributed by atoms with E-state index in [1.54, 1.807) is 18.0 Å². The Balaban J connectivity index is 1.74. The molecule has 0 spiro atoms. The molecule has 1 aromatic carbocycles. The van der Waals surface area contributed by atoms with Crippen LogP contribution in [0.2, 0.25) is 0 Å². The molecule has 90 valence electrons. The van der Waals surface area contributed by atoms with Gasteiger partial charge in [-0.3, -0.25) is 0 Å². The second-order valence-corrected chi connectivity index (χ2v) is 5.72. The van der Waals surface area contributed by atoms with Crippen LogP contribution in [0.5, 0.6) is 0 Å². The topological polar surface area (TPSA) is 52.9 Å². The number of nitrogens with zero attached hydrogens (tertiary/aromatic N) is 2. The van der Waals surface area contributed by atoms with Crippen molar-refractivity contribution in [2.24, 2.45) is 5.18 Å². The first-order valence-corrected chi connectivity index (χ1v) is 6.62. The lowest BCUT2D eigenvalue weighted by Crippen LogP contribution is -2.58. The van der Waals surface area contributed by atoms with E-state index in [4.69, 9.17) is 0 Å². The third kappa shape index (κ3) is 1.99. The van der Waals surface area contributed by atoms with Crippen molar-refractivity contribution in [3.63, 3.8) is 0 Å². The number of benzene rings is 1. The first-order valence-electron chi connectivity index (χ1n) is 5.84. The van der Waals surface area contributed by atoms with E-state index in [9.17, 15) is 10.0 Å². The summed E-state index contributed by atoms with van der Waals surface area (Å²) in [5, 5.41) is 12.6. The van der Waals surface area contributed by atoms with Crippen LogP contribution in [0.15, 0.2) is 34.3 Å². The number of hydrogen-bond acceptors (Lipinski definition) is 5. The van der Waals surface area contributed by atoms with Crippen LogP contribution in [0.1, 0.15) is 19.3 Å². The van der Waals surface area contributed by atoms with Crippen LogP contribution in [-0.2, 0) is 0 Å². The van der Waals surface area contributed by atoms with Crippen molar-refractivity contribution in [1.82, 2.24) is 4.31 Å². The molecule has 17 heavy (non-hydrogen) atoms. The summed E-state index contributed by atoms with van der Waals surface area (Å²) in [6.07, 6.45) is 2.72. The van der Waals surface area contributed by atoms with Crippen LogP contribution in [0.25, 0.3) is 0 Å². The molecular weight excluding hydrogens is 236 g/mol. The Hall–Kier alpha value is -0.910. The van der Waals surface area contributed by atoms with Gasteiger partial charge in [-0.1, -0.05) is 12.1 Å². The van der Waals surface area contributed by atoms with Crippen molar-refractivity contribution in [1.29, 1.82) is 0 Å². The standard InChI is InChI=1S/C12H14N2O2S/c15-10-6-8-5-9(7-10)14(8)17-12-4-2-1-3-11(12)13-16/h1-4,8-10,15H,5-7H2/t8-,9+,10?. The smallest absolute Gasteiger partial charge is 0.122 e. The number of aliphatic hydroxyl groups is 1. The molecular formula is C12H14N2O2S. The summed E-state index contributed by atoms with van der Waals surface area (Å²) in [5.41, 5.74) is 0.503. The van der Waals surface area contributed by atoms with Gasteiger partial charge in [0.15, 0.2) is 0 Å². The third-order valence-electron chi connectivity index (χ3n) is 3.52. The zero-order chi connectivity index (χ0) is 11.8. The summed E-state index contributed by atoms with van der Waals surface area (Å²) in [7, 11) is 0. The van der Waals surface area contributed by atoms with Crippen LogP contribution in [-0.4, -0.2) is 27.6 Å². The van der Waals surface area contributed by atoms with Gasteiger partial charge < -0.3 is 5.11 Å². The van der Waals surface area contributed by atoms with Crippen molar-refractivity contribution < 1.29 is 5.11 Å². The van der Waals surface area contributed by atoms with E-state index in [1.807, 2.05) is 18.2 Å². The van der Waals surface area contributed by atoms with E-state index < -0.39 is 0 Å². The molecule has 2 aliphatic heterocycles. The maximum absolute atomic E-state index is 10.7. The van der Waals surface area contributed by atoms with E-state index >= 15 is 0 Å². The van der Waals surface area contributed by atoms with E-state index in [2.05, 4.69) is 9.48 Å². The fourth-order valence-electron chi connectivity index (χ4n) is 2.68. The summed E-state index contributed by atoms with van der Waals surface area (Å²) in [6, 6.07) is 8.30. The van der Waals surface area contributed by atoms with Gasteiger partial charge in [0, 0.05) is 12.1 Å². The van der Waals surface area contributed by atoms with Crippen molar-refractivity contribution in [3.05, 3.63) is 29.2 Å². The van der Waals surface area contributed by atoms with Crippen molar-refractivity contribution >= 4 is 17.6 Å². The Morgan fingerprint density at radius 1 is 1.24 bits per heavy atom. The maximum Gasteiger partial charge on any atom is 0.122 e. The quantitative estimate of drug-likeness (QED) is 0.662. The summed E-state index contributed by atoms with van der Waals surface area (Å²) in [6.45, 7) is 0. The number of rotatable bonds is 3. The van der Waals surface area contributed by atoms with Gasteiger partial charge >= 0.3 is 0 Å². The largest absolute Gasteiger partial charge is 0.393 e. The minimum atomic E-state index is -0.143. The molecule has 0 aromatic heterocycles. The highest BCUT2D eigenvalue weighted by molar-refractivity contribution is 7.97. The van der Waals surface area contributed by atoms with Crippen molar-refractivity contribution in [3.8, 4) is 0 Å². The van der Waals surface area contributed by atoms with Crippen LogP contribution >= 0.6 is 11.9 Å². The fraction of sp³-hybridized carbons (Fsp3) is 0.500. The molecule has 2 aliphatic rings. The van der Waals surface area contributed by atoms with Crippen LogP contribution in [0.3, 0.4) is 0 Å². The molecule has 2 bridgehead atoms. The molecule has 0 amide bonds. The second-order valence-electron chi connectivity index (χ2n) is 4.68. The van der Waals surface area contributed by atoms with Crippen molar-refractivity contribution in [2.75, 3.05) is 0 Å². The molecule has 4 nitrogen and oxygen atoms in total. The average molecular weight is 250 g/mol. The molecule has 3 atom stereocenters. The zero-order valence-electron chi connectivity index (χ0n) is 9.32. The van der Waals surface area contributed by atoms with Gasteiger partial charge in [-0.15, -0.1) is 4.91 Å². The van der Waals surface area contributed by atoms with Crippen LogP contribution in [0, 0.1) is 4.91 Å². The minimum Gasteiger partial charge on any atom is -0.393 e.